The van der Waals surface area contributed by atoms with Crippen molar-refractivity contribution >= 4 is 0 Å². The van der Waals surface area contributed by atoms with Crippen LogP contribution in [0.3, 0.4) is 0 Å². The fourth-order valence-electron chi connectivity index (χ4n) is 8.89. The third-order valence-corrected chi connectivity index (χ3v) is 10.3. The highest BCUT2D eigenvalue weighted by Gasteiger charge is 2.52. The van der Waals surface area contributed by atoms with Crippen LogP contribution < -0.4 is 0 Å². The largest absolute Gasteiger partial charge is 0.198 e. The fourth-order valence-corrected chi connectivity index (χ4v) is 8.89. The first-order valence-electron chi connectivity index (χ1n) is 13.6. The summed E-state index contributed by atoms with van der Waals surface area (Å²) in [6.45, 7) is 4.65. The summed E-state index contributed by atoms with van der Waals surface area (Å²) in [6.07, 6.45) is 23.9. The Hall–Kier alpha value is -0.510. The van der Waals surface area contributed by atoms with E-state index in [1.165, 1.54) is 96.3 Å². The highest BCUT2D eigenvalue weighted by molar-refractivity contribution is 5.07. The third-order valence-electron chi connectivity index (χ3n) is 10.3. The highest BCUT2D eigenvalue weighted by atomic mass is 14.6. The van der Waals surface area contributed by atoms with Crippen molar-refractivity contribution in [2.45, 2.75) is 123 Å². The fraction of sp³-hybridized carbons (Fsp3) is 0.964. The molecule has 0 heterocycles. The van der Waals surface area contributed by atoms with Crippen LogP contribution in [0.1, 0.15) is 123 Å². The molecule has 0 aromatic heterocycles. The van der Waals surface area contributed by atoms with Gasteiger partial charge in [-0.25, -0.2) is 0 Å². The van der Waals surface area contributed by atoms with Crippen LogP contribution in [0.4, 0.5) is 0 Å². The molecule has 0 spiro atoms. The maximum absolute atomic E-state index is 10.1. The molecule has 8 unspecified atom stereocenters. The molecule has 0 radical (unpaired) electrons. The van der Waals surface area contributed by atoms with E-state index < -0.39 is 0 Å². The van der Waals surface area contributed by atoms with Crippen LogP contribution >= 0.6 is 0 Å². The van der Waals surface area contributed by atoms with Crippen molar-refractivity contribution in [2.75, 3.05) is 0 Å². The summed E-state index contributed by atoms with van der Waals surface area (Å²) in [6, 6.07) is 2.85. The van der Waals surface area contributed by atoms with Crippen LogP contribution in [0.2, 0.25) is 0 Å². The minimum absolute atomic E-state index is 0.0382. The summed E-state index contributed by atoms with van der Waals surface area (Å²) in [5.41, 5.74) is 0.0382. The minimum atomic E-state index is 0.0382. The number of rotatable bonds is 7. The lowest BCUT2D eigenvalue weighted by molar-refractivity contribution is -0.0718. The van der Waals surface area contributed by atoms with Crippen molar-refractivity contribution in [3.8, 4) is 6.07 Å². The van der Waals surface area contributed by atoms with Gasteiger partial charge in [-0.1, -0.05) is 65.2 Å². The monoisotopic (exact) mass is 397 g/mol. The predicted molar refractivity (Wildman–Crippen MR) is 122 cm³/mol. The Labute approximate surface area is 181 Å². The Morgan fingerprint density at radius 3 is 2.28 bits per heavy atom. The standard InChI is InChI=1S/C28H47N/c1-3-5-7-17-28(20-29)18-16-24-22(19-28)12-13-27-25-11-8-10-21(9-6-4-2)23(25)14-15-26(24)27/h21-27H,3-19H2,1-2H3. The summed E-state index contributed by atoms with van der Waals surface area (Å²) < 4.78 is 0. The Kier molecular flexibility index (Phi) is 7.30. The number of nitriles is 1. The first-order valence-corrected chi connectivity index (χ1v) is 13.6. The lowest BCUT2D eigenvalue weighted by Crippen LogP contribution is -2.49. The zero-order valence-electron chi connectivity index (χ0n) is 19.5. The summed E-state index contributed by atoms with van der Waals surface area (Å²) in [7, 11) is 0. The van der Waals surface area contributed by atoms with Crippen molar-refractivity contribution in [2.24, 2.45) is 46.8 Å². The third kappa shape index (κ3) is 4.43. The van der Waals surface area contributed by atoms with E-state index in [-0.39, 0.29) is 5.41 Å². The summed E-state index contributed by atoms with van der Waals surface area (Å²) in [5, 5.41) is 10.1. The summed E-state index contributed by atoms with van der Waals surface area (Å²) in [5.74, 6) is 7.12. The topological polar surface area (TPSA) is 23.8 Å². The molecule has 29 heavy (non-hydrogen) atoms. The maximum atomic E-state index is 10.1. The van der Waals surface area contributed by atoms with Crippen LogP contribution in [0, 0.1) is 58.2 Å². The smallest absolute Gasteiger partial charge is 0.0689 e. The van der Waals surface area contributed by atoms with Gasteiger partial charge in [0.25, 0.3) is 0 Å². The molecule has 0 aromatic carbocycles. The molecule has 4 aliphatic carbocycles. The van der Waals surface area contributed by atoms with E-state index in [2.05, 4.69) is 19.9 Å². The minimum Gasteiger partial charge on any atom is -0.198 e. The molecule has 0 saturated heterocycles. The molecule has 4 aliphatic rings. The quantitative estimate of drug-likeness (QED) is 0.395. The van der Waals surface area contributed by atoms with E-state index in [9.17, 15) is 5.26 Å². The van der Waals surface area contributed by atoms with Gasteiger partial charge in [0, 0.05) is 0 Å². The Balaban J connectivity index is 1.40. The predicted octanol–water partition coefficient (Wildman–Crippen LogP) is 8.54. The Morgan fingerprint density at radius 1 is 0.759 bits per heavy atom. The van der Waals surface area contributed by atoms with Gasteiger partial charge >= 0.3 is 0 Å². The van der Waals surface area contributed by atoms with Crippen LogP contribution in [0.15, 0.2) is 0 Å². The molecule has 0 N–H and O–H groups in total. The average molecular weight is 398 g/mol. The maximum Gasteiger partial charge on any atom is 0.0689 e. The molecule has 0 aromatic rings. The van der Waals surface area contributed by atoms with Crippen molar-refractivity contribution in [1.82, 2.24) is 0 Å². The number of fused-ring (bicyclic) bond motifs is 5. The number of hydrogen-bond acceptors (Lipinski definition) is 1. The SMILES string of the molecule is CCCCCC1(C#N)CCC2C(CCC3C4CCCC(CCCC)C4CCC23)C1. The van der Waals surface area contributed by atoms with E-state index >= 15 is 0 Å². The molecule has 4 saturated carbocycles. The molecule has 1 nitrogen and oxygen atoms in total. The first kappa shape index (κ1) is 21.7. The molecule has 164 valence electrons. The number of unbranched alkanes of at least 4 members (excludes halogenated alkanes) is 3. The number of hydrogen-bond donors (Lipinski definition) is 0. The molecule has 4 fully saturated rings. The van der Waals surface area contributed by atoms with Crippen molar-refractivity contribution < 1.29 is 0 Å². The molecule has 8 atom stereocenters. The molecule has 0 aliphatic heterocycles. The van der Waals surface area contributed by atoms with Gasteiger partial charge < -0.3 is 0 Å². The van der Waals surface area contributed by atoms with E-state index in [0.717, 1.165) is 41.4 Å². The van der Waals surface area contributed by atoms with E-state index in [0.29, 0.717) is 0 Å². The van der Waals surface area contributed by atoms with Gasteiger partial charge in [0.2, 0.25) is 0 Å². The average Bonchev–Trinajstić information content (AvgIpc) is 2.77. The van der Waals surface area contributed by atoms with Gasteiger partial charge in [-0.2, -0.15) is 5.26 Å². The van der Waals surface area contributed by atoms with E-state index in [4.69, 9.17) is 0 Å². The molecule has 0 amide bonds. The second-order valence-corrected chi connectivity index (χ2v) is 11.7. The lowest BCUT2D eigenvalue weighted by atomic mass is 9.48. The summed E-state index contributed by atoms with van der Waals surface area (Å²) in [4.78, 5) is 0. The van der Waals surface area contributed by atoms with E-state index in [1.807, 2.05) is 0 Å². The normalized spacial score (nSPS) is 44.2. The van der Waals surface area contributed by atoms with Gasteiger partial charge in [0.1, 0.15) is 0 Å². The van der Waals surface area contributed by atoms with Gasteiger partial charge in [-0.3, -0.25) is 0 Å². The zero-order valence-corrected chi connectivity index (χ0v) is 19.5. The number of nitrogens with zero attached hydrogens (tertiary/aromatic N) is 1. The van der Waals surface area contributed by atoms with Crippen molar-refractivity contribution in [3.05, 3.63) is 0 Å². The van der Waals surface area contributed by atoms with Gasteiger partial charge in [0.05, 0.1) is 11.5 Å². The highest BCUT2D eigenvalue weighted by Crippen LogP contribution is 2.60. The molecule has 0 bridgehead atoms. The second-order valence-electron chi connectivity index (χ2n) is 11.7. The first-order chi connectivity index (χ1) is 14.2. The van der Waals surface area contributed by atoms with Gasteiger partial charge in [-0.05, 0) is 99.2 Å². The van der Waals surface area contributed by atoms with Crippen LogP contribution in [0.5, 0.6) is 0 Å². The zero-order chi connectivity index (χ0) is 20.3. The Bertz CT molecular complexity index is 561. The van der Waals surface area contributed by atoms with E-state index in [1.54, 1.807) is 12.8 Å². The van der Waals surface area contributed by atoms with Crippen molar-refractivity contribution in [1.29, 1.82) is 5.26 Å². The second kappa shape index (κ2) is 9.75. The molecule has 1 heteroatoms. The lowest BCUT2D eigenvalue weighted by Gasteiger charge is -2.57. The van der Waals surface area contributed by atoms with Gasteiger partial charge in [0.15, 0.2) is 0 Å². The van der Waals surface area contributed by atoms with Crippen LogP contribution in [-0.2, 0) is 0 Å². The van der Waals surface area contributed by atoms with Crippen LogP contribution in [-0.4, -0.2) is 0 Å². The molecule has 4 rings (SSSR count). The van der Waals surface area contributed by atoms with Crippen LogP contribution in [0.25, 0.3) is 0 Å². The summed E-state index contributed by atoms with van der Waals surface area (Å²) >= 11 is 0. The van der Waals surface area contributed by atoms with Crippen molar-refractivity contribution in [3.63, 3.8) is 0 Å². The van der Waals surface area contributed by atoms with Gasteiger partial charge in [-0.15, -0.1) is 0 Å². The molecular weight excluding hydrogens is 350 g/mol. The Morgan fingerprint density at radius 2 is 1.48 bits per heavy atom. The molecular formula is C28H47N.